The fourth-order valence-electron chi connectivity index (χ4n) is 3.14. The first-order valence-corrected chi connectivity index (χ1v) is 8.59. The molecule has 1 N–H and O–H groups in total. The second kappa shape index (κ2) is 7.76. The third-order valence-corrected chi connectivity index (χ3v) is 4.41. The molecule has 134 valence electrons. The number of nitrogens with one attached hydrogen (secondary N) is 1. The molecule has 7 nitrogen and oxygen atoms in total. The van der Waals surface area contributed by atoms with Crippen molar-refractivity contribution in [3.8, 4) is 0 Å². The lowest BCUT2D eigenvalue weighted by atomic mass is 10.1. The number of amides is 1. The van der Waals surface area contributed by atoms with E-state index in [1.54, 1.807) is 6.07 Å². The van der Waals surface area contributed by atoms with E-state index < -0.39 is 0 Å². The molecule has 1 saturated heterocycles. The van der Waals surface area contributed by atoms with Crippen LogP contribution in [-0.2, 0) is 16.1 Å². The summed E-state index contributed by atoms with van der Waals surface area (Å²) in [5.41, 5.74) is 1.44. The van der Waals surface area contributed by atoms with Gasteiger partial charge < -0.3 is 10.1 Å². The summed E-state index contributed by atoms with van der Waals surface area (Å²) in [5, 5.41) is 3.49. The van der Waals surface area contributed by atoms with Gasteiger partial charge in [-0.3, -0.25) is 19.1 Å². The lowest BCUT2D eigenvalue weighted by molar-refractivity contribution is -0.122. The number of carbonyl (C=O) groups is 1. The Bertz CT molecular complexity index is 812. The van der Waals surface area contributed by atoms with Gasteiger partial charge in [-0.1, -0.05) is 12.1 Å². The zero-order valence-corrected chi connectivity index (χ0v) is 14.7. The summed E-state index contributed by atoms with van der Waals surface area (Å²) in [7, 11) is 0. The molecule has 0 aliphatic carbocycles. The van der Waals surface area contributed by atoms with E-state index in [0.717, 1.165) is 38.4 Å². The molecule has 0 bridgehead atoms. The Hall–Kier alpha value is -2.25. The van der Waals surface area contributed by atoms with Crippen LogP contribution in [0.2, 0.25) is 0 Å². The molecule has 0 unspecified atom stereocenters. The summed E-state index contributed by atoms with van der Waals surface area (Å²) < 4.78 is 6.68. The van der Waals surface area contributed by atoms with Crippen molar-refractivity contribution in [1.29, 1.82) is 0 Å². The zero-order chi connectivity index (χ0) is 17.8. The molecule has 1 atom stereocenters. The minimum Gasteiger partial charge on any atom is -0.379 e. The molecule has 3 rings (SSSR count). The fourth-order valence-corrected chi connectivity index (χ4v) is 3.14. The molecule has 25 heavy (non-hydrogen) atoms. The summed E-state index contributed by atoms with van der Waals surface area (Å²) in [4.78, 5) is 31.4. The van der Waals surface area contributed by atoms with Crippen LogP contribution in [0.15, 0.2) is 29.3 Å². The van der Waals surface area contributed by atoms with Crippen LogP contribution in [0.4, 0.5) is 0 Å². The number of carbonyl (C=O) groups excluding carboxylic acids is 1. The average Bonchev–Trinajstić information content (AvgIpc) is 2.58. The Morgan fingerprint density at radius 2 is 2.12 bits per heavy atom. The molecule has 1 fully saturated rings. The molecule has 1 aliphatic rings. The van der Waals surface area contributed by atoms with Gasteiger partial charge in [-0.2, -0.15) is 0 Å². The highest BCUT2D eigenvalue weighted by molar-refractivity contribution is 5.81. The molecule has 1 amide bonds. The van der Waals surface area contributed by atoms with Crippen molar-refractivity contribution in [2.24, 2.45) is 0 Å². The summed E-state index contributed by atoms with van der Waals surface area (Å²) >= 11 is 0. The summed E-state index contributed by atoms with van der Waals surface area (Å²) in [6.07, 6.45) is 1.45. The third kappa shape index (κ3) is 4.24. The molecular weight excluding hydrogens is 320 g/mol. The predicted molar refractivity (Wildman–Crippen MR) is 95.6 cm³/mol. The van der Waals surface area contributed by atoms with Crippen LogP contribution in [-0.4, -0.2) is 59.2 Å². The van der Waals surface area contributed by atoms with E-state index in [-0.39, 0.29) is 24.1 Å². The highest BCUT2D eigenvalue weighted by atomic mass is 16.5. The van der Waals surface area contributed by atoms with Gasteiger partial charge in [0.1, 0.15) is 6.54 Å². The molecule has 1 aromatic carbocycles. The van der Waals surface area contributed by atoms with Gasteiger partial charge in [-0.25, -0.2) is 4.98 Å². The highest BCUT2D eigenvalue weighted by Gasteiger charge is 2.16. The quantitative estimate of drug-likeness (QED) is 0.857. The largest absolute Gasteiger partial charge is 0.379 e. The molecule has 1 aliphatic heterocycles. The van der Waals surface area contributed by atoms with Gasteiger partial charge in [0.25, 0.3) is 5.56 Å². The number of hydrogen-bond acceptors (Lipinski definition) is 5. The van der Waals surface area contributed by atoms with Crippen LogP contribution in [0.1, 0.15) is 12.5 Å². The Morgan fingerprint density at radius 3 is 2.88 bits per heavy atom. The van der Waals surface area contributed by atoms with E-state index in [4.69, 9.17) is 4.74 Å². The van der Waals surface area contributed by atoms with Gasteiger partial charge in [0.05, 0.1) is 30.4 Å². The standard InChI is InChI=1S/C18H24N4O3/c1-13-4-3-5-15-17(13)19-12-22(18(15)24)11-16(23)20-14(2)10-21-6-8-25-9-7-21/h3-5,12,14H,6-11H2,1-2H3,(H,20,23)/t14-/m0/s1. The van der Waals surface area contributed by atoms with Crippen LogP contribution in [0.3, 0.4) is 0 Å². The van der Waals surface area contributed by atoms with Gasteiger partial charge in [-0.15, -0.1) is 0 Å². The van der Waals surface area contributed by atoms with Crippen molar-refractivity contribution >= 4 is 16.8 Å². The smallest absolute Gasteiger partial charge is 0.261 e. The van der Waals surface area contributed by atoms with E-state index >= 15 is 0 Å². The van der Waals surface area contributed by atoms with Crippen LogP contribution < -0.4 is 10.9 Å². The van der Waals surface area contributed by atoms with E-state index in [1.807, 2.05) is 26.0 Å². The van der Waals surface area contributed by atoms with Crippen molar-refractivity contribution in [1.82, 2.24) is 19.8 Å². The van der Waals surface area contributed by atoms with Gasteiger partial charge >= 0.3 is 0 Å². The van der Waals surface area contributed by atoms with Crippen LogP contribution >= 0.6 is 0 Å². The number of ether oxygens (including phenoxy) is 1. The molecule has 2 aromatic rings. The zero-order valence-electron chi connectivity index (χ0n) is 14.7. The Labute approximate surface area is 146 Å². The van der Waals surface area contributed by atoms with E-state index in [2.05, 4.69) is 15.2 Å². The number of benzene rings is 1. The van der Waals surface area contributed by atoms with Gasteiger partial charge in [0.2, 0.25) is 5.91 Å². The fraction of sp³-hybridized carbons (Fsp3) is 0.500. The lowest BCUT2D eigenvalue weighted by Crippen LogP contribution is -2.47. The topological polar surface area (TPSA) is 76.5 Å². The van der Waals surface area contributed by atoms with E-state index in [1.165, 1.54) is 10.9 Å². The maximum absolute atomic E-state index is 12.5. The Kier molecular flexibility index (Phi) is 5.45. The predicted octanol–water partition coefficient (Wildman–Crippen LogP) is 0.542. The Balaban J connectivity index is 1.63. The average molecular weight is 344 g/mol. The molecule has 2 heterocycles. The molecule has 0 spiro atoms. The first-order chi connectivity index (χ1) is 12.0. The van der Waals surface area contributed by atoms with Gasteiger partial charge in [0, 0.05) is 25.7 Å². The number of morpholine rings is 1. The summed E-state index contributed by atoms with van der Waals surface area (Å²) in [6, 6.07) is 5.50. The molecule has 0 saturated carbocycles. The second-order valence-electron chi connectivity index (χ2n) is 6.53. The van der Waals surface area contributed by atoms with E-state index in [9.17, 15) is 9.59 Å². The maximum Gasteiger partial charge on any atom is 0.261 e. The number of hydrogen-bond donors (Lipinski definition) is 1. The van der Waals surface area contributed by atoms with Crippen LogP contribution in [0, 0.1) is 6.92 Å². The van der Waals surface area contributed by atoms with Crippen LogP contribution in [0.5, 0.6) is 0 Å². The minimum atomic E-state index is -0.190. The molecular formula is C18H24N4O3. The highest BCUT2D eigenvalue weighted by Crippen LogP contribution is 2.11. The monoisotopic (exact) mass is 344 g/mol. The molecule has 0 radical (unpaired) electrons. The van der Waals surface area contributed by atoms with E-state index in [0.29, 0.717) is 10.9 Å². The van der Waals surface area contributed by atoms with Gasteiger partial charge in [0.15, 0.2) is 0 Å². The SMILES string of the molecule is Cc1cccc2c(=O)n(CC(=O)N[C@@H](C)CN3CCOCC3)cnc12. The number of fused-ring (bicyclic) bond motifs is 1. The lowest BCUT2D eigenvalue weighted by Gasteiger charge is -2.29. The van der Waals surface area contributed by atoms with Crippen molar-refractivity contribution in [2.75, 3.05) is 32.8 Å². The first kappa shape index (κ1) is 17.6. The van der Waals surface area contributed by atoms with Crippen molar-refractivity contribution < 1.29 is 9.53 Å². The second-order valence-corrected chi connectivity index (χ2v) is 6.53. The molecule has 7 heteroatoms. The third-order valence-electron chi connectivity index (χ3n) is 4.41. The summed E-state index contributed by atoms with van der Waals surface area (Å²) in [5.74, 6) is -0.184. The summed E-state index contributed by atoms with van der Waals surface area (Å²) in [6.45, 7) is 7.87. The molecule has 1 aromatic heterocycles. The van der Waals surface area contributed by atoms with Crippen molar-refractivity contribution in [2.45, 2.75) is 26.4 Å². The van der Waals surface area contributed by atoms with Crippen LogP contribution in [0.25, 0.3) is 10.9 Å². The van der Waals surface area contributed by atoms with Crippen molar-refractivity contribution in [3.63, 3.8) is 0 Å². The number of rotatable bonds is 5. The first-order valence-electron chi connectivity index (χ1n) is 8.59. The number of aryl methyl sites for hydroxylation is 1. The minimum absolute atomic E-state index is 0.0111. The van der Waals surface area contributed by atoms with Gasteiger partial charge in [-0.05, 0) is 25.5 Å². The maximum atomic E-state index is 12.5. The number of aromatic nitrogens is 2. The normalized spacial score (nSPS) is 16.7. The van der Waals surface area contributed by atoms with Crippen molar-refractivity contribution in [3.05, 3.63) is 40.4 Å². The number of para-hydroxylation sites is 1. The Morgan fingerprint density at radius 1 is 1.36 bits per heavy atom. The number of nitrogens with zero attached hydrogens (tertiary/aromatic N) is 3.